The van der Waals surface area contributed by atoms with Gasteiger partial charge >= 0.3 is 0 Å². The molecule has 2 aromatic carbocycles. The van der Waals surface area contributed by atoms with E-state index in [1.54, 1.807) is 12.1 Å². The molecule has 2 saturated carbocycles. The Balaban J connectivity index is 1.30. The number of aliphatic hydroxyl groups excluding tert-OH is 1. The molecule has 2 aromatic rings. The summed E-state index contributed by atoms with van der Waals surface area (Å²) < 4.78 is 31.0. The molecule has 2 unspecified atom stereocenters. The zero-order valence-electron chi connectivity index (χ0n) is 17.5. The second-order valence-electron chi connectivity index (χ2n) is 8.90. The van der Waals surface area contributed by atoms with E-state index < -0.39 is 9.84 Å². The van der Waals surface area contributed by atoms with Crippen LogP contribution in [0.2, 0.25) is 0 Å². The fourth-order valence-corrected chi connectivity index (χ4v) is 6.43. The number of sulfone groups is 1. The van der Waals surface area contributed by atoms with Gasteiger partial charge in [-0.3, -0.25) is 0 Å². The van der Waals surface area contributed by atoms with Gasteiger partial charge < -0.3 is 9.84 Å². The fourth-order valence-electron chi connectivity index (χ4n) is 5.14. The first-order valence-electron chi connectivity index (χ1n) is 11.1. The Morgan fingerprint density at radius 2 is 1.70 bits per heavy atom. The van der Waals surface area contributed by atoms with Crippen LogP contribution in [0.3, 0.4) is 0 Å². The van der Waals surface area contributed by atoms with Crippen LogP contribution in [0.15, 0.2) is 59.5 Å². The summed E-state index contributed by atoms with van der Waals surface area (Å²) in [5, 5.41) is 10.1. The third kappa shape index (κ3) is 4.63. The lowest BCUT2D eigenvalue weighted by Gasteiger charge is -2.19. The van der Waals surface area contributed by atoms with E-state index in [1.807, 2.05) is 42.5 Å². The standard InChI is InChI=1S/C25H32O4S/c26-19-25(17-24(25)21-9-4-5-10-21)22-11-13-23(14-12-22)30(27,28)16-6-15-29-18-20-7-2-1-3-8-20/h1-3,7-8,11-14,21,24,26H,4-6,9-10,15-19H2. The minimum Gasteiger partial charge on any atom is -0.395 e. The van der Waals surface area contributed by atoms with Crippen molar-refractivity contribution in [3.8, 4) is 0 Å². The monoisotopic (exact) mass is 428 g/mol. The van der Waals surface area contributed by atoms with Crippen molar-refractivity contribution in [3.63, 3.8) is 0 Å². The fraction of sp³-hybridized carbons (Fsp3) is 0.520. The van der Waals surface area contributed by atoms with Crippen LogP contribution < -0.4 is 0 Å². The summed E-state index contributed by atoms with van der Waals surface area (Å²) in [6, 6.07) is 17.2. The number of hydrogen-bond acceptors (Lipinski definition) is 4. The Labute approximate surface area is 180 Å². The Morgan fingerprint density at radius 3 is 2.37 bits per heavy atom. The predicted octanol–water partition coefficient (Wildman–Crippen LogP) is 4.51. The average Bonchev–Trinajstić information content (AvgIpc) is 3.27. The number of benzene rings is 2. The Kier molecular flexibility index (Phi) is 6.61. The van der Waals surface area contributed by atoms with Gasteiger partial charge in [0.25, 0.3) is 0 Å². The van der Waals surface area contributed by atoms with Crippen LogP contribution in [0.1, 0.15) is 49.7 Å². The molecule has 162 valence electrons. The van der Waals surface area contributed by atoms with Crippen LogP contribution in [0, 0.1) is 11.8 Å². The van der Waals surface area contributed by atoms with E-state index in [2.05, 4.69) is 0 Å². The van der Waals surface area contributed by atoms with E-state index in [1.165, 1.54) is 25.7 Å². The molecule has 0 amide bonds. The number of hydrogen-bond donors (Lipinski definition) is 1. The second kappa shape index (κ2) is 9.21. The van der Waals surface area contributed by atoms with E-state index >= 15 is 0 Å². The second-order valence-corrected chi connectivity index (χ2v) is 11.0. The van der Waals surface area contributed by atoms with E-state index in [4.69, 9.17) is 4.74 Å². The van der Waals surface area contributed by atoms with Crippen molar-refractivity contribution in [2.75, 3.05) is 19.0 Å². The van der Waals surface area contributed by atoms with Gasteiger partial charge in [-0.1, -0.05) is 68.1 Å². The normalized spacial score (nSPS) is 24.2. The van der Waals surface area contributed by atoms with Crippen molar-refractivity contribution in [2.24, 2.45) is 11.8 Å². The molecular formula is C25H32O4S. The van der Waals surface area contributed by atoms with Gasteiger partial charge in [0.2, 0.25) is 0 Å². The third-order valence-corrected chi connectivity index (χ3v) is 8.80. The van der Waals surface area contributed by atoms with Gasteiger partial charge in [-0.2, -0.15) is 0 Å². The minimum absolute atomic E-state index is 0.0803. The molecule has 0 spiro atoms. The Morgan fingerprint density at radius 1 is 1.00 bits per heavy atom. The van der Waals surface area contributed by atoms with Gasteiger partial charge in [-0.15, -0.1) is 0 Å². The number of ether oxygens (including phenoxy) is 1. The maximum absolute atomic E-state index is 12.7. The number of aliphatic hydroxyl groups is 1. The van der Waals surface area contributed by atoms with Crippen molar-refractivity contribution in [1.29, 1.82) is 0 Å². The van der Waals surface area contributed by atoms with Crippen molar-refractivity contribution in [2.45, 2.75) is 55.4 Å². The van der Waals surface area contributed by atoms with Gasteiger partial charge in [0, 0.05) is 12.0 Å². The lowest BCUT2D eigenvalue weighted by atomic mass is 9.88. The lowest BCUT2D eigenvalue weighted by Crippen LogP contribution is -2.19. The average molecular weight is 429 g/mol. The van der Waals surface area contributed by atoms with Gasteiger partial charge in [-0.25, -0.2) is 8.42 Å². The first-order valence-corrected chi connectivity index (χ1v) is 12.8. The summed E-state index contributed by atoms with van der Waals surface area (Å²) in [7, 11) is -3.33. The van der Waals surface area contributed by atoms with E-state index in [-0.39, 0.29) is 17.8 Å². The molecule has 1 N–H and O–H groups in total. The largest absolute Gasteiger partial charge is 0.395 e. The summed E-state index contributed by atoms with van der Waals surface area (Å²) in [6.07, 6.45) is 6.64. The predicted molar refractivity (Wildman–Crippen MR) is 118 cm³/mol. The molecule has 0 bridgehead atoms. The van der Waals surface area contributed by atoms with Crippen molar-refractivity contribution >= 4 is 9.84 Å². The molecule has 2 atom stereocenters. The Bertz CT molecular complexity index is 917. The summed E-state index contributed by atoms with van der Waals surface area (Å²) in [6.45, 7) is 1.07. The summed E-state index contributed by atoms with van der Waals surface area (Å²) in [4.78, 5) is 0.362. The zero-order chi connectivity index (χ0) is 21.0. The van der Waals surface area contributed by atoms with E-state index in [0.29, 0.717) is 30.4 Å². The summed E-state index contributed by atoms with van der Waals surface area (Å²) in [5.74, 6) is 1.35. The van der Waals surface area contributed by atoms with Crippen LogP contribution in [0.25, 0.3) is 0 Å². The van der Waals surface area contributed by atoms with Crippen LogP contribution >= 0.6 is 0 Å². The van der Waals surface area contributed by atoms with Crippen LogP contribution in [-0.4, -0.2) is 32.5 Å². The van der Waals surface area contributed by atoms with Crippen LogP contribution in [-0.2, 0) is 26.6 Å². The molecule has 0 aliphatic heterocycles. The van der Waals surface area contributed by atoms with Gasteiger partial charge in [0.1, 0.15) is 0 Å². The van der Waals surface area contributed by atoms with E-state index in [0.717, 1.165) is 23.5 Å². The lowest BCUT2D eigenvalue weighted by molar-refractivity contribution is 0.122. The third-order valence-electron chi connectivity index (χ3n) is 6.99. The topological polar surface area (TPSA) is 63.6 Å². The van der Waals surface area contributed by atoms with E-state index in [9.17, 15) is 13.5 Å². The van der Waals surface area contributed by atoms with Crippen molar-refractivity contribution < 1.29 is 18.3 Å². The van der Waals surface area contributed by atoms with Gasteiger partial charge in [0.15, 0.2) is 9.84 Å². The molecule has 0 radical (unpaired) electrons. The quantitative estimate of drug-likeness (QED) is 0.566. The zero-order valence-corrected chi connectivity index (χ0v) is 18.3. The molecule has 0 heterocycles. The highest BCUT2D eigenvalue weighted by molar-refractivity contribution is 7.91. The molecule has 0 aromatic heterocycles. The molecule has 4 rings (SSSR count). The minimum atomic E-state index is -3.33. The molecule has 30 heavy (non-hydrogen) atoms. The first-order chi connectivity index (χ1) is 14.5. The first kappa shape index (κ1) is 21.5. The maximum atomic E-state index is 12.7. The van der Waals surface area contributed by atoms with Gasteiger partial charge in [-0.05, 0) is 47.9 Å². The van der Waals surface area contributed by atoms with Crippen LogP contribution in [0.5, 0.6) is 0 Å². The highest BCUT2D eigenvalue weighted by Gasteiger charge is 2.57. The van der Waals surface area contributed by atoms with Crippen molar-refractivity contribution in [3.05, 3.63) is 65.7 Å². The SMILES string of the molecule is O=S(=O)(CCCOCc1ccccc1)c1ccc(C2(CO)CC2C2CCCC2)cc1. The molecule has 0 saturated heterocycles. The van der Waals surface area contributed by atoms with Crippen molar-refractivity contribution in [1.82, 2.24) is 0 Å². The number of rotatable bonds is 10. The smallest absolute Gasteiger partial charge is 0.178 e. The van der Waals surface area contributed by atoms with Crippen LogP contribution in [0.4, 0.5) is 0 Å². The molecule has 4 nitrogen and oxygen atoms in total. The summed E-state index contributed by atoms with van der Waals surface area (Å²) in [5.41, 5.74) is 2.03. The molecule has 2 aliphatic rings. The molecule has 5 heteroatoms. The molecule has 2 aliphatic carbocycles. The highest BCUT2D eigenvalue weighted by Crippen LogP contribution is 2.60. The maximum Gasteiger partial charge on any atom is 0.178 e. The summed E-state index contributed by atoms with van der Waals surface area (Å²) >= 11 is 0. The molecular weight excluding hydrogens is 396 g/mol. The van der Waals surface area contributed by atoms with Gasteiger partial charge in [0.05, 0.1) is 23.9 Å². The highest BCUT2D eigenvalue weighted by atomic mass is 32.2. The molecule has 2 fully saturated rings. The Hall–Kier alpha value is -1.69.